The van der Waals surface area contributed by atoms with E-state index < -0.39 is 0 Å². The van der Waals surface area contributed by atoms with Gasteiger partial charge in [-0.25, -0.2) is 0 Å². The van der Waals surface area contributed by atoms with Crippen LogP contribution in [0.4, 0.5) is 5.69 Å². The third-order valence-electron chi connectivity index (χ3n) is 2.11. The standard InChI is InChI=1S/C11H13BrClNOS/c1-6(2)10(16)11(15)14-8-5-3-4-7(13)9(8)12/h3-6,10,16H,1-2H3,(H,14,15). The molecule has 0 bridgehead atoms. The molecule has 1 aromatic carbocycles. The van der Waals surface area contributed by atoms with Crippen LogP contribution in [0.15, 0.2) is 22.7 Å². The molecule has 0 fully saturated rings. The summed E-state index contributed by atoms with van der Waals surface area (Å²) < 4.78 is 0.689. The maximum atomic E-state index is 11.8. The maximum Gasteiger partial charge on any atom is 0.237 e. The molecular formula is C11H13BrClNOS. The molecule has 0 aliphatic rings. The van der Waals surface area contributed by atoms with Gasteiger partial charge in [0.2, 0.25) is 5.91 Å². The minimum atomic E-state index is -0.328. The Labute approximate surface area is 114 Å². The molecule has 5 heteroatoms. The Hall–Kier alpha value is -0.190. The van der Waals surface area contributed by atoms with Gasteiger partial charge in [-0.3, -0.25) is 4.79 Å². The zero-order valence-corrected chi connectivity index (χ0v) is 12.2. The van der Waals surface area contributed by atoms with Gasteiger partial charge in [0.1, 0.15) is 0 Å². The number of nitrogens with one attached hydrogen (secondary N) is 1. The molecule has 16 heavy (non-hydrogen) atoms. The molecule has 1 atom stereocenters. The van der Waals surface area contributed by atoms with E-state index in [2.05, 4.69) is 33.9 Å². The summed E-state index contributed by atoms with van der Waals surface area (Å²) in [4.78, 5) is 11.8. The molecule has 0 heterocycles. The van der Waals surface area contributed by atoms with Gasteiger partial charge < -0.3 is 5.32 Å². The van der Waals surface area contributed by atoms with Crippen LogP contribution in [-0.4, -0.2) is 11.2 Å². The molecule has 2 nitrogen and oxygen atoms in total. The molecule has 0 saturated heterocycles. The lowest BCUT2D eigenvalue weighted by atomic mass is 10.1. The van der Waals surface area contributed by atoms with Crippen LogP contribution in [0.3, 0.4) is 0 Å². The predicted octanol–water partition coefficient (Wildman–Crippen LogP) is 4.00. The van der Waals surface area contributed by atoms with E-state index in [1.165, 1.54) is 0 Å². The van der Waals surface area contributed by atoms with Crippen molar-refractivity contribution in [3.05, 3.63) is 27.7 Å². The van der Waals surface area contributed by atoms with Gasteiger partial charge in [-0.2, -0.15) is 12.6 Å². The first-order chi connectivity index (χ1) is 7.43. The minimum absolute atomic E-state index is 0.124. The molecule has 0 aromatic heterocycles. The number of benzene rings is 1. The molecule has 1 rings (SSSR count). The fourth-order valence-corrected chi connectivity index (χ4v) is 1.71. The van der Waals surface area contributed by atoms with E-state index in [0.717, 1.165) is 0 Å². The van der Waals surface area contributed by atoms with E-state index in [9.17, 15) is 4.79 Å². The zero-order chi connectivity index (χ0) is 12.3. The highest BCUT2D eigenvalue weighted by molar-refractivity contribution is 9.10. The Kier molecular flexibility index (Phi) is 5.15. The molecule has 1 N–H and O–H groups in total. The topological polar surface area (TPSA) is 29.1 Å². The lowest BCUT2D eigenvalue weighted by Crippen LogP contribution is -2.27. The van der Waals surface area contributed by atoms with Crippen LogP contribution in [-0.2, 0) is 4.79 Å². The van der Waals surface area contributed by atoms with Crippen LogP contribution in [0.2, 0.25) is 5.02 Å². The fraction of sp³-hybridized carbons (Fsp3) is 0.364. The summed E-state index contributed by atoms with van der Waals surface area (Å²) in [5, 5.41) is 3.03. The van der Waals surface area contributed by atoms with E-state index in [1.807, 2.05) is 13.8 Å². The Morgan fingerprint density at radius 2 is 2.12 bits per heavy atom. The maximum absolute atomic E-state index is 11.8. The number of carbonyl (C=O) groups excluding carboxylic acids is 1. The monoisotopic (exact) mass is 321 g/mol. The highest BCUT2D eigenvalue weighted by atomic mass is 79.9. The Morgan fingerprint density at radius 1 is 1.50 bits per heavy atom. The Bertz CT molecular complexity index is 398. The van der Waals surface area contributed by atoms with Crippen LogP contribution in [0.5, 0.6) is 0 Å². The van der Waals surface area contributed by atoms with E-state index in [4.69, 9.17) is 11.6 Å². The van der Waals surface area contributed by atoms with Gasteiger partial charge in [0, 0.05) is 0 Å². The van der Waals surface area contributed by atoms with Crippen molar-refractivity contribution in [3.63, 3.8) is 0 Å². The molecule has 0 aliphatic heterocycles. The minimum Gasteiger partial charge on any atom is -0.324 e. The van der Waals surface area contributed by atoms with Gasteiger partial charge in [0.25, 0.3) is 0 Å². The van der Waals surface area contributed by atoms with Crippen LogP contribution in [0.25, 0.3) is 0 Å². The lowest BCUT2D eigenvalue weighted by Gasteiger charge is -2.15. The van der Waals surface area contributed by atoms with Gasteiger partial charge in [0.15, 0.2) is 0 Å². The van der Waals surface area contributed by atoms with Gasteiger partial charge in [-0.1, -0.05) is 31.5 Å². The first kappa shape index (κ1) is 13.9. The van der Waals surface area contributed by atoms with Crippen LogP contribution >= 0.6 is 40.2 Å². The zero-order valence-electron chi connectivity index (χ0n) is 9.00. The van der Waals surface area contributed by atoms with Gasteiger partial charge in [0.05, 0.1) is 20.4 Å². The van der Waals surface area contributed by atoms with Crippen molar-refractivity contribution in [2.24, 2.45) is 5.92 Å². The highest BCUT2D eigenvalue weighted by Gasteiger charge is 2.18. The molecule has 1 amide bonds. The first-order valence-electron chi connectivity index (χ1n) is 4.86. The van der Waals surface area contributed by atoms with Crippen molar-refractivity contribution in [1.82, 2.24) is 0 Å². The van der Waals surface area contributed by atoms with Gasteiger partial charge in [-0.05, 0) is 34.0 Å². The number of hydrogen-bond donors (Lipinski definition) is 2. The average molecular weight is 323 g/mol. The SMILES string of the molecule is CC(C)C(S)C(=O)Nc1cccc(Cl)c1Br. The van der Waals surface area contributed by atoms with Crippen molar-refractivity contribution < 1.29 is 4.79 Å². The lowest BCUT2D eigenvalue weighted by molar-refractivity contribution is -0.116. The first-order valence-corrected chi connectivity index (χ1v) is 6.55. The summed E-state index contributed by atoms with van der Waals surface area (Å²) in [5.74, 6) is 0.0580. The number of anilines is 1. The second-order valence-electron chi connectivity index (χ2n) is 3.78. The van der Waals surface area contributed by atoms with Crippen LogP contribution in [0.1, 0.15) is 13.8 Å². The fourth-order valence-electron chi connectivity index (χ4n) is 1.11. The molecule has 0 saturated carbocycles. The molecule has 0 spiro atoms. The second-order valence-corrected chi connectivity index (χ2v) is 5.54. The summed E-state index contributed by atoms with van der Waals surface area (Å²) in [6.45, 7) is 3.90. The van der Waals surface area contributed by atoms with E-state index in [0.29, 0.717) is 15.2 Å². The number of halogens is 2. The Balaban J connectivity index is 2.81. The summed E-state index contributed by atoms with van der Waals surface area (Å²) >= 11 is 13.5. The van der Waals surface area contributed by atoms with Crippen LogP contribution in [0, 0.1) is 5.92 Å². The number of thiol groups is 1. The third-order valence-corrected chi connectivity index (χ3v) is 4.34. The number of carbonyl (C=O) groups is 1. The average Bonchev–Trinajstić information content (AvgIpc) is 2.23. The quantitative estimate of drug-likeness (QED) is 0.809. The summed E-state index contributed by atoms with van der Waals surface area (Å²) in [5.41, 5.74) is 0.664. The molecule has 1 aromatic rings. The van der Waals surface area contributed by atoms with Crippen LogP contribution < -0.4 is 5.32 Å². The molecule has 1 unspecified atom stereocenters. The molecule has 0 radical (unpaired) electrons. The number of hydrogen-bond acceptors (Lipinski definition) is 2. The van der Waals surface area contributed by atoms with Gasteiger partial charge >= 0.3 is 0 Å². The van der Waals surface area contributed by atoms with Crippen molar-refractivity contribution in [2.75, 3.05) is 5.32 Å². The Morgan fingerprint density at radius 3 is 2.69 bits per heavy atom. The van der Waals surface area contributed by atoms with E-state index in [1.54, 1.807) is 18.2 Å². The number of rotatable bonds is 3. The summed E-state index contributed by atoms with van der Waals surface area (Å²) in [7, 11) is 0. The molecule has 0 aliphatic carbocycles. The highest BCUT2D eigenvalue weighted by Crippen LogP contribution is 2.30. The predicted molar refractivity (Wildman–Crippen MR) is 75.4 cm³/mol. The molecule has 88 valence electrons. The van der Waals surface area contributed by atoms with Crippen molar-refractivity contribution in [2.45, 2.75) is 19.1 Å². The van der Waals surface area contributed by atoms with E-state index in [-0.39, 0.29) is 17.1 Å². The summed E-state index contributed by atoms with van der Waals surface area (Å²) in [6, 6.07) is 5.32. The molecular weight excluding hydrogens is 310 g/mol. The largest absolute Gasteiger partial charge is 0.324 e. The van der Waals surface area contributed by atoms with Gasteiger partial charge in [-0.15, -0.1) is 0 Å². The second kappa shape index (κ2) is 5.94. The number of amides is 1. The third kappa shape index (κ3) is 3.40. The van der Waals surface area contributed by atoms with Crippen molar-refractivity contribution in [1.29, 1.82) is 0 Å². The normalized spacial score (nSPS) is 12.6. The smallest absolute Gasteiger partial charge is 0.237 e. The van der Waals surface area contributed by atoms with Crippen molar-refractivity contribution >= 4 is 51.8 Å². The van der Waals surface area contributed by atoms with E-state index >= 15 is 0 Å². The van der Waals surface area contributed by atoms with Crippen molar-refractivity contribution in [3.8, 4) is 0 Å². The summed E-state index contributed by atoms with van der Waals surface area (Å²) in [6.07, 6.45) is 0.